The van der Waals surface area contributed by atoms with Crippen LogP contribution in [0.4, 0.5) is 4.39 Å². The summed E-state index contributed by atoms with van der Waals surface area (Å²) in [5.74, 6) is -1.41. The highest BCUT2D eigenvalue weighted by Crippen LogP contribution is 2.46. The SMILES string of the molecule is CC(C)(C(=O)O)C1(F)CCC(Oc2nc3nc(-c4ccc(C5=CCN(C(=O)CO)CC5)cc4)c(Cl)cc3[nH]2)CC1. The number of carboxylic acid groups (broad SMARTS) is 1. The van der Waals surface area contributed by atoms with E-state index in [1.165, 1.54) is 13.8 Å². The third-order valence-electron chi connectivity index (χ3n) is 8.29. The highest BCUT2D eigenvalue weighted by molar-refractivity contribution is 6.33. The fourth-order valence-corrected chi connectivity index (χ4v) is 5.66. The number of benzene rings is 1. The Balaban J connectivity index is 1.27. The molecular weight excluding hydrogens is 539 g/mol. The van der Waals surface area contributed by atoms with Crippen LogP contribution in [0, 0.1) is 5.41 Å². The van der Waals surface area contributed by atoms with Gasteiger partial charge in [-0.05, 0) is 63.2 Å². The molecule has 1 aliphatic heterocycles. The van der Waals surface area contributed by atoms with E-state index in [1.54, 1.807) is 11.0 Å². The molecule has 1 aliphatic carbocycles. The van der Waals surface area contributed by atoms with Crippen molar-refractivity contribution in [3.8, 4) is 17.3 Å². The zero-order chi connectivity index (χ0) is 28.7. The Bertz CT molecular complexity index is 1460. The lowest BCUT2D eigenvalue weighted by molar-refractivity contribution is -0.160. The van der Waals surface area contributed by atoms with Gasteiger partial charge in [0, 0.05) is 18.7 Å². The Hall–Kier alpha value is -3.50. The Morgan fingerprint density at radius 3 is 2.48 bits per heavy atom. The molecule has 0 saturated heterocycles. The third kappa shape index (κ3) is 5.30. The minimum atomic E-state index is -1.79. The number of carbonyl (C=O) groups excluding carboxylic acids is 1. The van der Waals surface area contributed by atoms with Crippen molar-refractivity contribution in [2.24, 2.45) is 5.41 Å². The molecule has 3 N–H and O–H groups in total. The Morgan fingerprint density at radius 2 is 1.88 bits per heavy atom. The van der Waals surface area contributed by atoms with E-state index in [4.69, 9.17) is 21.4 Å². The molecule has 0 radical (unpaired) electrons. The van der Waals surface area contributed by atoms with Crippen molar-refractivity contribution in [3.63, 3.8) is 0 Å². The summed E-state index contributed by atoms with van der Waals surface area (Å²) >= 11 is 6.58. The lowest BCUT2D eigenvalue weighted by Gasteiger charge is -2.41. The number of H-pyrrole nitrogens is 1. The van der Waals surface area contributed by atoms with Crippen molar-refractivity contribution >= 4 is 40.2 Å². The number of carboxylic acids is 1. The normalized spacial score (nSPS) is 21.8. The number of fused-ring (bicyclic) bond motifs is 1. The number of pyridine rings is 1. The van der Waals surface area contributed by atoms with Gasteiger partial charge in [0.2, 0.25) is 5.91 Å². The van der Waals surface area contributed by atoms with Gasteiger partial charge in [0.1, 0.15) is 18.4 Å². The molecule has 1 aromatic carbocycles. The van der Waals surface area contributed by atoms with Crippen LogP contribution in [0.3, 0.4) is 0 Å². The molecule has 3 aromatic rings. The molecule has 2 aliphatic rings. The molecule has 40 heavy (non-hydrogen) atoms. The van der Waals surface area contributed by atoms with Crippen LogP contribution < -0.4 is 4.74 Å². The number of halogens is 2. The molecule has 1 amide bonds. The number of amides is 1. The molecule has 0 spiro atoms. The highest BCUT2D eigenvalue weighted by Gasteiger charge is 2.52. The van der Waals surface area contributed by atoms with Crippen LogP contribution in [0.25, 0.3) is 28.0 Å². The van der Waals surface area contributed by atoms with Crippen LogP contribution >= 0.6 is 11.6 Å². The maximum atomic E-state index is 15.4. The average molecular weight is 571 g/mol. The quantitative estimate of drug-likeness (QED) is 0.363. The number of hydrogen-bond donors (Lipinski definition) is 3. The summed E-state index contributed by atoms with van der Waals surface area (Å²) in [6.45, 7) is 3.42. The second-order valence-electron chi connectivity index (χ2n) is 11.0. The zero-order valence-corrected chi connectivity index (χ0v) is 23.2. The van der Waals surface area contributed by atoms with Crippen molar-refractivity contribution < 1.29 is 28.9 Å². The fourth-order valence-electron chi connectivity index (χ4n) is 5.40. The lowest BCUT2D eigenvalue weighted by Crippen LogP contribution is -2.49. The first kappa shape index (κ1) is 28.0. The summed E-state index contributed by atoms with van der Waals surface area (Å²) in [6.07, 6.45) is 3.36. The molecule has 3 heterocycles. The molecule has 9 nitrogen and oxygen atoms in total. The van der Waals surface area contributed by atoms with Gasteiger partial charge in [-0.25, -0.2) is 9.37 Å². The van der Waals surface area contributed by atoms with Gasteiger partial charge in [0.25, 0.3) is 6.01 Å². The van der Waals surface area contributed by atoms with Gasteiger partial charge < -0.3 is 24.8 Å². The number of nitrogens with zero attached hydrogens (tertiary/aromatic N) is 3. The molecule has 0 bridgehead atoms. The minimum Gasteiger partial charge on any atom is -0.481 e. The van der Waals surface area contributed by atoms with E-state index in [-0.39, 0.29) is 30.9 Å². The molecule has 5 rings (SSSR count). The first-order chi connectivity index (χ1) is 19.0. The maximum Gasteiger partial charge on any atom is 0.312 e. The number of imidazole rings is 1. The number of aliphatic hydroxyl groups excluding tert-OH is 1. The number of ether oxygens (including phenoxy) is 1. The van der Waals surface area contributed by atoms with Gasteiger partial charge in [0.05, 0.1) is 21.6 Å². The first-order valence-corrected chi connectivity index (χ1v) is 13.7. The topological polar surface area (TPSA) is 129 Å². The fraction of sp³-hybridized carbons (Fsp3) is 0.448. The van der Waals surface area contributed by atoms with Crippen LogP contribution in [0.5, 0.6) is 6.01 Å². The van der Waals surface area contributed by atoms with Crippen LogP contribution in [0.2, 0.25) is 5.02 Å². The highest BCUT2D eigenvalue weighted by atomic mass is 35.5. The van der Waals surface area contributed by atoms with Gasteiger partial charge in [-0.1, -0.05) is 41.9 Å². The van der Waals surface area contributed by atoms with Gasteiger partial charge in [0.15, 0.2) is 5.65 Å². The number of rotatable bonds is 7. The van der Waals surface area contributed by atoms with Gasteiger partial charge in [-0.3, -0.25) is 9.59 Å². The minimum absolute atomic E-state index is 0.0946. The third-order valence-corrected chi connectivity index (χ3v) is 8.58. The van der Waals surface area contributed by atoms with Gasteiger partial charge >= 0.3 is 5.97 Å². The van der Waals surface area contributed by atoms with Crippen molar-refractivity contribution in [2.45, 2.75) is 57.7 Å². The monoisotopic (exact) mass is 570 g/mol. The number of nitrogens with one attached hydrogen (secondary N) is 1. The molecule has 2 aromatic heterocycles. The Kier molecular flexibility index (Phi) is 7.58. The summed E-state index contributed by atoms with van der Waals surface area (Å²) in [5.41, 5.74) is 1.36. The van der Waals surface area contributed by atoms with E-state index in [9.17, 15) is 14.7 Å². The van der Waals surface area contributed by atoms with E-state index >= 15 is 4.39 Å². The number of hydrogen-bond acceptors (Lipinski definition) is 6. The van der Waals surface area contributed by atoms with Crippen molar-refractivity contribution in [2.75, 3.05) is 19.7 Å². The van der Waals surface area contributed by atoms with Crippen molar-refractivity contribution in [1.82, 2.24) is 19.9 Å². The number of aromatic nitrogens is 3. The molecule has 0 unspecified atom stereocenters. The number of aliphatic hydroxyl groups is 1. The Morgan fingerprint density at radius 1 is 1.20 bits per heavy atom. The van der Waals surface area contributed by atoms with Crippen LogP contribution in [-0.4, -0.2) is 73.4 Å². The molecular formula is C29H32ClFN4O5. The largest absolute Gasteiger partial charge is 0.481 e. The lowest BCUT2D eigenvalue weighted by atomic mass is 9.68. The maximum absolute atomic E-state index is 15.4. The zero-order valence-electron chi connectivity index (χ0n) is 22.4. The predicted octanol–water partition coefficient (Wildman–Crippen LogP) is 5.03. The van der Waals surface area contributed by atoms with E-state index in [0.29, 0.717) is 54.2 Å². The standard InChI is InChI=1S/C29H32ClFN4O5/c1-28(2,26(38)39)29(31)11-7-20(8-12-29)40-27-32-22-15-21(30)24(33-25(22)34-27)19-5-3-17(4-6-19)18-9-13-35(14-10-18)23(37)16-36/h3-6,9,15,20,36H,7-8,10-14,16H2,1-2H3,(H,38,39)(H,32,33,34). The number of carbonyl (C=O) groups is 2. The number of aliphatic carboxylic acids is 1. The van der Waals surface area contributed by atoms with Crippen molar-refractivity contribution in [3.05, 3.63) is 47.0 Å². The summed E-state index contributed by atoms with van der Waals surface area (Å²) in [4.78, 5) is 37.1. The second kappa shape index (κ2) is 10.8. The first-order valence-electron chi connectivity index (χ1n) is 13.3. The number of alkyl halides is 1. The molecule has 0 atom stereocenters. The Labute approximate surface area is 236 Å². The molecule has 212 valence electrons. The smallest absolute Gasteiger partial charge is 0.312 e. The predicted molar refractivity (Wildman–Crippen MR) is 149 cm³/mol. The van der Waals surface area contributed by atoms with Crippen molar-refractivity contribution in [1.29, 1.82) is 0 Å². The summed E-state index contributed by atoms with van der Waals surface area (Å²) in [5, 5.41) is 19.0. The summed E-state index contributed by atoms with van der Waals surface area (Å²) in [6, 6.07) is 9.87. The van der Waals surface area contributed by atoms with Gasteiger partial charge in [-0.15, -0.1) is 0 Å². The molecule has 1 saturated carbocycles. The van der Waals surface area contributed by atoms with E-state index in [1.807, 2.05) is 30.3 Å². The summed E-state index contributed by atoms with van der Waals surface area (Å²) < 4.78 is 21.4. The average Bonchev–Trinajstić information content (AvgIpc) is 3.34. The van der Waals surface area contributed by atoms with E-state index in [0.717, 1.165) is 16.7 Å². The van der Waals surface area contributed by atoms with E-state index in [2.05, 4.69) is 15.0 Å². The molecule has 11 heteroatoms. The van der Waals surface area contributed by atoms with Crippen LogP contribution in [-0.2, 0) is 9.59 Å². The van der Waals surface area contributed by atoms with Crippen LogP contribution in [0.15, 0.2) is 36.4 Å². The molecule has 1 fully saturated rings. The van der Waals surface area contributed by atoms with E-state index < -0.39 is 23.7 Å². The second-order valence-corrected chi connectivity index (χ2v) is 11.4. The van der Waals surface area contributed by atoms with Crippen LogP contribution in [0.1, 0.15) is 51.5 Å². The summed E-state index contributed by atoms with van der Waals surface area (Å²) in [7, 11) is 0. The number of aromatic amines is 1. The van der Waals surface area contributed by atoms with Gasteiger partial charge in [-0.2, -0.15) is 4.98 Å².